The second-order valence-electron chi connectivity index (χ2n) is 13.0. The monoisotopic (exact) mass is 668 g/mol. The van der Waals surface area contributed by atoms with E-state index in [2.05, 4.69) is 167 Å². The van der Waals surface area contributed by atoms with E-state index in [0.29, 0.717) is 0 Å². The van der Waals surface area contributed by atoms with Gasteiger partial charge in [0.25, 0.3) is 0 Å². The molecule has 0 atom stereocenters. The Labute approximate surface area is 297 Å². The molecule has 0 radical (unpaired) electrons. The summed E-state index contributed by atoms with van der Waals surface area (Å²) < 4.78 is 7.48. The summed E-state index contributed by atoms with van der Waals surface area (Å²) in [5, 5.41) is 6.10. The van der Waals surface area contributed by atoms with E-state index in [1.54, 1.807) is 0 Å². The lowest BCUT2D eigenvalue weighted by Gasteiger charge is -2.12. The third kappa shape index (κ3) is 4.19. The fourth-order valence-electron chi connectivity index (χ4n) is 7.87. The molecule has 0 N–H and O–H groups in total. The van der Waals surface area contributed by atoms with E-state index in [0.717, 1.165) is 39.2 Å². The van der Waals surface area contributed by atoms with Crippen molar-refractivity contribution in [3.05, 3.63) is 170 Å². The van der Waals surface area contributed by atoms with Crippen LogP contribution in [0.25, 0.3) is 97.9 Å². The Kier molecular flexibility index (Phi) is 6.09. The van der Waals surface area contributed by atoms with Crippen LogP contribution in [-0.4, -0.2) is 19.1 Å². The Morgan fingerprint density at radius 1 is 0.373 bits per heavy atom. The standard InChI is InChI=1S/C46H28N4S/c1-3-13-29(14-4-1)41-35-18-7-10-20-38(35)47-46(48-41)30-23-25-32(26-24-30)50-39-21-11-8-17-33(39)34-27-28-37-43-44(51-45(37)42(34)50)36-19-9-12-22-40(36)49(43)31-15-5-2-6-16-31/h1-28H. The number of aromatic nitrogens is 4. The molecule has 0 spiro atoms. The highest BCUT2D eigenvalue weighted by atomic mass is 32.1. The van der Waals surface area contributed by atoms with Gasteiger partial charge < -0.3 is 9.13 Å². The van der Waals surface area contributed by atoms with E-state index >= 15 is 0 Å². The van der Waals surface area contributed by atoms with Crippen molar-refractivity contribution in [1.82, 2.24) is 19.1 Å². The smallest absolute Gasteiger partial charge is 0.160 e. The van der Waals surface area contributed by atoms with Crippen LogP contribution in [-0.2, 0) is 0 Å². The van der Waals surface area contributed by atoms with Gasteiger partial charge in [-0.05, 0) is 54.6 Å². The number of nitrogens with zero attached hydrogens (tertiary/aromatic N) is 4. The van der Waals surface area contributed by atoms with Gasteiger partial charge in [0, 0.05) is 49.4 Å². The van der Waals surface area contributed by atoms with Gasteiger partial charge in [-0.2, -0.15) is 0 Å². The van der Waals surface area contributed by atoms with E-state index in [1.807, 2.05) is 23.5 Å². The van der Waals surface area contributed by atoms with Crippen molar-refractivity contribution in [1.29, 1.82) is 0 Å². The molecule has 0 bridgehead atoms. The molecule has 0 saturated heterocycles. The quantitative estimate of drug-likeness (QED) is 0.187. The predicted molar refractivity (Wildman–Crippen MR) is 214 cm³/mol. The zero-order valence-electron chi connectivity index (χ0n) is 27.4. The fraction of sp³-hybridized carbons (Fsp3) is 0. The van der Waals surface area contributed by atoms with E-state index in [4.69, 9.17) is 9.97 Å². The average molecular weight is 669 g/mol. The van der Waals surface area contributed by atoms with Crippen molar-refractivity contribution < 1.29 is 0 Å². The van der Waals surface area contributed by atoms with Gasteiger partial charge in [-0.3, -0.25) is 0 Å². The highest BCUT2D eigenvalue weighted by Gasteiger charge is 2.22. The highest BCUT2D eigenvalue weighted by Crippen LogP contribution is 2.47. The summed E-state index contributed by atoms with van der Waals surface area (Å²) in [5.74, 6) is 0.720. The molecule has 4 heterocycles. The molecule has 0 saturated carbocycles. The Hall–Kier alpha value is -6.56. The van der Waals surface area contributed by atoms with E-state index < -0.39 is 0 Å². The van der Waals surface area contributed by atoms with Crippen LogP contribution < -0.4 is 0 Å². The minimum absolute atomic E-state index is 0.720. The van der Waals surface area contributed by atoms with Crippen LogP contribution in [0.2, 0.25) is 0 Å². The summed E-state index contributed by atoms with van der Waals surface area (Å²) in [7, 11) is 0. The van der Waals surface area contributed by atoms with Crippen molar-refractivity contribution >= 4 is 75.3 Å². The van der Waals surface area contributed by atoms with Crippen LogP contribution in [0, 0.1) is 0 Å². The number of para-hydroxylation sites is 4. The summed E-state index contributed by atoms with van der Waals surface area (Å²) in [4.78, 5) is 10.2. The summed E-state index contributed by atoms with van der Waals surface area (Å²) >= 11 is 1.90. The molecule has 4 nitrogen and oxygen atoms in total. The molecule has 0 amide bonds. The first-order valence-corrected chi connectivity index (χ1v) is 18.0. The van der Waals surface area contributed by atoms with Crippen molar-refractivity contribution in [3.63, 3.8) is 0 Å². The van der Waals surface area contributed by atoms with Crippen LogP contribution in [0.1, 0.15) is 0 Å². The van der Waals surface area contributed by atoms with Gasteiger partial charge in [0.1, 0.15) is 0 Å². The maximum Gasteiger partial charge on any atom is 0.160 e. The number of thiophene rings is 1. The average Bonchev–Trinajstić information content (AvgIpc) is 3.85. The fourth-order valence-corrected chi connectivity index (χ4v) is 9.23. The van der Waals surface area contributed by atoms with Gasteiger partial charge in [0.2, 0.25) is 0 Å². The first-order chi connectivity index (χ1) is 25.3. The Bertz CT molecular complexity index is 3120. The number of fused-ring (bicyclic) bond motifs is 10. The molecule has 5 heteroatoms. The van der Waals surface area contributed by atoms with Gasteiger partial charge in [0.05, 0.1) is 42.7 Å². The summed E-state index contributed by atoms with van der Waals surface area (Å²) in [6.07, 6.45) is 0. The lowest BCUT2D eigenvalue weighted by Crippen LogP contribution is -1.97. The second-order valence-corrected chi connectivity index (χ2v) is 14.0. The molecule has 0 aliphatic rings. The van der Waals surface area contributed by atoms with Crippen molar-refractivity contribution in [2.45, 2.75) is 0 Å². The Balaban J connectivity index is 1.14. The Morgan fingerprint density at radius 3 is 1.69 bits per heavy atom. The third-order valence-corrected chi connectivity index (χ3v) is 11.4. The molecule has 11 rings (SSSR count). The van der Waals surface area contributed by atoms with E-state index in [1.165, 1.54) is 58.7 Å². The number of rotatable bonds is 4. The molecule has 7 aromatic carbocycles. The summed E-state index contributed by atoms with van der Waals surface area (Å²) in [6, 6.07) is 60.3. The van der Waals surface area contributed by atoms with Gasteiger partial charge in [0.15, 0.2) is 5.82 Å². The van der Waals surface area contributed by atoms with Crippen LogP contribution in [0.4, 0.5) is 0 Å². The highest BCUT2D eigenvalue weighted by molar-refractivity contribution is 7.27. The normalized spacial score (nSPS) is 11.9. The van der Waals surface area contributed by atoms with E-state index in [9.17, 15) is 0 Å². The number of hydrogen-bond acceptors (Lipinski definition) is 3. The van der Waals surface area contributed by atoms with Crippen molar-refractivity contribution in [2.75, 3.05) is 0 Å². The van der Waals surface area contributed by atoms with Gasteiger partial charge in [-0.1, -0.05) is 115 Å². The van der Waals surface area contributed by atoms with Gasteiger partial charge >= 0.3 is 0 Å². The molecule has 4 aromatic heterocycles. The maximum atomic E-state index is 5.13. The molecule has 238 valence electrons. The number of benzene rings is 7. The molecular weight excluding hydrogens is 641 g/mol. The zero-order chi connectivity index (χ0) is 33.5. The van der Waals surface area contributed by atoms with Crippen molar-refractivity contribution in [3.8, 4) is 34.0 Å². The third-order valence-electron chi connectivity index (χ3n) is 10.1. The molecule has 0 aliphatic heterocycles. The first kappa shape index (κ1) is 28.3. The first-order valence-electron chi connectivity index (χ1n) is 17.2. The molecule has 11 aromatic rings. The molecular formula is C46H28N4S. The second kappa shape index (κ2) is 11.0. The topological polar surface area (TPSA) is 35.6 Å². The lowest BCUT2D eigenvalue weighted by molar-refractivity contribution is 1.18. The number of hydrogen-bond donors (Lipinski definition) is 0. The maximum absolute atomic E-state index is 5.13. The van der Waals surface area contributed by atoms with Gasteiger partial charge in [-0.25, -0.2) is 9.97 Å². The molecule has 0 fully saturated rings. The minimum atomic E-state index is 0.720. The lowest BCUT2D eigenvalue weighted by atomic mass is 10.1. The molecule has 51 heavy (non-hydrogen) atoms. The largest absolute Gasteiger partial charge is 0.308 e. The van der Waals surface area contributed by atoms with E-state index in [-0.39, 0.29) is 0 Å². The molecule has 0 aliphatic carbocycles. The van der Waals surface area contributed by atoms with Crippen molar-refractivity contribution in [2.24, 2.45) is 0 Å². The SMILES string of the molecule is c1ccc(-c2nc(-c3ccc(-n4c5ccccc5c5ccc6c(sc7c8ccccc8n(-c8ccccc8)c67)c54)cc3)nc3ccccc23)cc1. The predicted octanol–water partition coefficient (Wildman–Crippen LogP) is 12.4. The Morgan fingerprint density at radius 2 is 0.922 bits per heavy atom. The van der Waals surface area contributed by atoms with Crippen LogP contribution in [0.5, 0.6) is 0 Å². The zero-order valence-corrected chi connectivity index (χ0v) is 28.2. The van der Waals surface area contributed by atoms with Crippen LogP contribution in [0.3, 0.4) is 0 Å². The van der Waals surface area contributed by atoms with Crippen LogP contribution >= 0.6 is 11.3 Å². The van der Waals surface area contributed by atoms with Crippen LogP contribution in [0.15, 0.2) is 170 Å². The van der Waals surface area contributed by atoms with Gasteiger partial charge in [-0.15, -0.1) is 11.3 Å². The minimum Gasteiger partial charge on any atom is -0.308 e. The summed E-state index contributed by atoms with van der Waals surface area (Å²) in [6.45, 7) is 0. The molecule has 0 unspecified atom stereocenters. The summed E-state index contributed by atoms with van der Waals surface area (Å²) in [5.41, 5.74) is 11.1.